The van der Waals surface area contributed by atoms with E-state index in [1.165, 1.54) is 0 Å². The number of anilines is 1. The summed E-state index contributed by atoms with van der Waals surface area (Å²) in [5.74, 6) is 0. The van der Waals surface area contributed by atoms with Gasteiger partial charge in [0.1, 0.15) is 0 Å². The Morgan fingerprint density at radius 3 is 1.75 bits per heavy atom. The van der Waals surface area contributed by atoms with E-state index < -0.39 is 0 Å². The van der Waals surface area contributed by atoms with Gasteiger partial charge in [-0.1, -0.05) is 57.2 Å². The summed E-state index contributed by atoms with van der Waals surface area (Å²) in [6, 6.07) is 19.8. The fourth-order valence-electron chi connectivity index (χ4n) is 2.00. The van der Waals surface area contributed by atoms with Gasteiger partial charge < -0.3 is 59.5 Å². The predicted molar refractivity (Wildman–Crippen MR) is 106 cm³/mol. The number of rotatable bonds is 5. The van der Waals surface area contributed by atoms with Crippen LogP contribution in [0.15, 0.2) is 60.7 Å². The third-order valence-electron chi connectivity index (χ3n) is 3.07. The van der Waals surface area contributed by atoms with Crippen molar-refractivity contribution in [2.75, 3.05) is 11.6 Å². The molecule has 2 rings (SSSR count). The van der Waals surface area contributed by atoms with Crippen LogP contribution in [-0.4, -0.2) is 20.2 Å². The summed E-state index contributed by atoms with van der Waals surface area (Å²) in [7, 11) is 0. The molecule has 2 aromatic carbocycles. The van der Waals surface area contributed by atoms with Crippen LogP contribution in [0.2, 0.25) is 0 Å². The maximum Gasteiger partial charge on any atom is 1.00 e. The fourth-order valence-corrected chi connectivity index (χ4v) is 2.57. The minimum absolute atomic E-state index is 0. The molecular weight excluding hydrogens is 394 g/mol. The molecule has 2 aromatic rings. The smallest absolute Gasteiger partial charge is 0.411 e. The quantitative estimate of drug-likeness (QED) is 0.234. The van der Waals surface area contributed by atoms with Gasteiger partial charge in [-0.15, -0.1) is 0 Å². The molecule has 0 amide bonds. The normalized spacial score (nSPS) is 9.17. The largest absolute Gasteiger partial charge is 1.00 e. The second-order valence-electron chi connectivity index (χ2n) is 4.62. The Morgan fingerprint density at radius 1 is 0.792 bits per heavy atom. The summed E-state index contributed by atoms with van der Waals surface area (Å²) in [4.78, 5) is 3.76. The molecule has 0 bridgehead atoms. The van der Waals surface area contributed by atoms with Gasteiger partial charge in [0.15, 0.2) is 0 Å². The Bertz CT molecular complexity index is 641. The van der Waals surface area contributed by atoms with Crippen LogP contribution in [0, 0.1) is 0 Å². The molecule has 0 aliphatic rings. The summed E-state index contributed by atoms with van der Waals surface area (Å²) in [5, 5.41) is 0. The van der Waals surface area contributed by atoms with Crippen molar-refractivity contribution in [1.29, 1.82) is 0 Å². The molecule has 0 N–H and O–H groups in total. The van der Waals surface area contributed by atoms with E-state index >= 15 is 0 Å². The van der Waals surface area contributed by atoms with Gasteiger partial charge in [-0.05, 0) is 17.7 Å². The van der Waals surface area contributed by atoms with E-state index in [1.54, 1.807) is 0 Å². The van der Waals surface area contributed by atoms with Crippen LogP contribution in [0.25, 0.3) is 0 Å². The van der Waals surface area contributed by atoms with E-state index in [0.717, 1.165) is 11.3 Å². The molecule has 0 atom stereocenters. The van der Waals surface area contributed by atoms with E-state index in [1.807, 2.05) is 70.5 Å². The van der Waals surface area contributed by atoms with E-state index in [4.69, 9.17) is 49.7 Å². The van der Waals surface area contributed by atoms with Crippen molar-refractivity contribution < 1.29 is 59.1 Å². The van der Waals surface area contributed by atoms with Crippen LogP contribution in [0.5, 0.6) is 0 Å². The third-order valence-corrected chi connectivity index (χ3v) is 4.03. The molecule has 0 aliphatic heterocycles. The van der Waals surface area contributed by atoms with Gasteiger partial charge in [-0.3, -0.25) is 0 Å². The number of hydrogen-bond acceptors (Lipinski definition) is 4. The SMILES string of the molecule is S=C([S-])N(Cc1ccccc1)CN(C(=S)[S-])c1ccccc1.[Na+].[Na+]. The first-order chi connectivity index (χ1) is 10.6. The molecule has 0 heterocycles. The van der Waals surface area contributed by atoms with Crippen molar-refractivity contribution >= 4 is 64.0 Å². The van der Waals surface area contributed by atoms with E-state index in [0.29, 0.717) is 21.9 Å². The Hall–Kier alpha value is 0.660. The molecule has 0 fully saturated rings. The summed E-state index contributed by atoms with van der Waals surface area (Å²) in [6.45, 7) is 1.08. The van der Waals surface area contributed by atoms with Crippen LogP contribution >= 0.6 is 24.4 Å². The van der Waals surface area contributed by atoms with Gasteiger partial charge >= 0.3 is 59.1 Å². The van der Waals surface area contributed by atoms with Gasteiger partial charge in [0, 0.05) is 12.2 Å². The summed E-state index contributed by atoms with van der Waals surface area (Å²) in [6.07, 6.45) is 0. The van der Waals surface area contributed by atoms with Crippen LogP contribution in [-0.2, 0) is 31.8 Å². The minimum Gasteiger partial charge on any atom is -0.411 e. The fraction of sp³-hybridized carbons (Fsp3) is 0.125. The van der Waals surface area contributed by atoms with Crippen molar-refractivity contribution in [1.82, 2.24) is 4.90 Å². The predicted octanol–water partition coefficient (Wildman–Crippen LogP) is -2.38. The molecule has 0 unspecified atom stereocenters. The molecular formula is C16H14N2Na2S4. The summed E-state index contributed by atoms with van der Waals surface area (Å²) in [5.41, 5.74) is 2.07. The Balaban J connectivity index is 0.00000264. The van der Waals surface area contributed by atoms with E-state index in [2.05, 4.69) is 0 Å². The first-order valence-corrected chi connectivity index (χ1v) is 8.24. The maximum atomic E-state index is 5.21. The zero-order chi connectivity index (χ0) is 15.9. The average Bonchev–Trinajstić information content (AvgIpc) is 2.52. The molecule has 0 radical (unpaired) electrons. The monoisotopic (exact) mass is 408 g/mol. The second-order valence-corrected chi connectivity index (χ2v) is 6.68. The summed E-state index contributed by atoms with van der Waals surface area (Å²) >= 11 is 20.8. The zero-order valence-corrected chi connectivity index (χ0v) is 21.0. The minimum atomic E-state index is 0. The molecule has 2 nitrogen and oxygen atoms in total. The Kier molecular flexibility index (Phi) is 13.3. The van der Waals surface area contributed by atoms with Crippen LogP contribution in [0.1, 0.15) is 5.56 Å². The molecule has 0 aromatic heterocycles. The zero-order valence-electron chi connectivity index (χ0n) is 13.7. The Morgan fingerprint density at radius 2 is 1.29 bits per heavy atom. The number of thiocarbonyl (C=S) groups is 2. The van der Waals surface area contributed by atoms with Crippen LogP contribution in [0.3, 0.4) is 0 Å². The van der Waals surface area contributed by atoms with Crippen molar-refractivity contribution in [2.45, 2.75) is 6.54 Å². The number of benzene rings is 2. The molecule has 8 heteroatoms. The van der Waals surface area contributed by atoms with Gasteiger partial charge in [0.25, 0.3) is 0 Å². The van der Waals surface area contributed by atoms with Gasteiger partial charge in [-0.25, -0.2) is 0 Å². The third kappa shape index (κ3) is 7.91. The van der Waals surface area contributed by atoms with Crippen molar-refractivity contribution in [3.63, 3.8) is 0 Å². The van der Waals surface area contributed by atoms with Crippen molar-refractivity contribution in [2.24, 2.45) is 0 Å². The van der Waals surface area contributed by atoms with Gasteiger partial charge in [-0.2, -0.15) is 0 Å². The van der Waals surface area contributed by atoms with Gasteiger partial charge in [0.2, 0.25) is 0 Å². The van der Waals surface area contributed by atoms with E-state index in [-0.39, 0.29) is 59.1 Å². The second kappa shape index (κ2) is 12.9. The molecule has 0 aliphatic carbocycles. The maximum absolute atomic E-state index is 5.21. The standard InChI is InChI=1S/C16H16N2S4.2Na/c19-15(20)17(11-13-7-3-1-4-8-13)12-18(16(21)22)14-9-5-2-6-10-14;;/h1-10H,11-12H2,(H,19,20)(H,21,22);;/q;2*+1/p-2. The number of para-hydroxylation sites is 1. The molecule has 114 valence electrons. The summed E-state index contributed by atoms with van der Waals surface area (Å²) < 4.78 is 0.770. The first-order valence-electron chi connectivity index (χ1n) is 6.61. The molecule has 0 saturated carbocycles. The first kappa shape index (κ1) is 24.7. The van der Waals surface area contributed by atoms with Crippen molar-refractivity contribution in [3.8, 4) is 0 Å². The Labute approximate surface area is 209 Å². The van der Waals surface area contributed by atoms with Crippen molar-refractivity contribution in [3.05, 3.63) is 66.2 Å². The molecule has 0 spiro atoms. The molecule has 0 saturated heterocycles. The average molecular weight is 409 g/mol. The topological polar surface area (TPSA) is 6.48 Å². The number of nitrogens with zero attached hydrogens (tertiary/aromatic N) is 2. The van der Waals surface area contributed by atoms with Crippen LogP contribution < -0.4 is 64.0 Å². The van der Waals surface area contributed by atoms with Crippen LogP contribution in [0.4, 0.5) is 5.69 Å². The van der Waals surface area contributed by atoms with Gasteiger partial charge in [0.05, 0.1) is 6.67 Å². The molecule has 24 heavy (non-hydrogen) atoms. The van der Waals surface area contributed by atoms with E-state index in [9.17, 15) is 0 Å². The number of hydrogen-bond donors (Lipinski definition) is 0.